The van der Waals surface area contributed by atoms with Gasteiger partial charge in [0.1, 0.15) is 6.26 Å². The molecule has 1 aromatic rings. The van der Waals surface area contributed by atoms with E-state index in [0.29, 0.717) is 0 Å². The summed E-state index contributed by atoms with van der Waals surface area (Å²) in [5, 5.41) is 0. The highest BCUT2D eigenvalue weighted by Crippen LogP contribution is 1.81. The zero-order chi connectivity index (χ0) is 7.11. The quantitative estimate of drug-likeness (QED) is 0.534. The Hall–Kier alpha value is -0.790. The lowest BCUT2D eigenvalue weighted by atomic mass is 10.3. The van der Waals surface area contributed by atoms with E-state index in [0.717, 1.165) is 5.92 Å². The molecule has 9 heavy (non-hydrogen) atoms. The maximum atomic E-state index is 4.47. The lowest BCUT2D eigenvalue weighted by molar-refractivity contribution is 0.558. The summed E-state index contributed by atoms with van der Waals surface area (Å²) in [6.45, 7) is 6.50. The fraction of sp³-hybridized carbons (Fsp3) is 0.571. The van der Waals surface area contributed by atoms with Gasteiger partial charge in [-0.3, -0.25) is 0 Å². The molecule has 0 fully saturated rings. The van der Waals surface area contributed by atoms with E-state index in [4.69, 9.17) is 0 Å². The first-order valence-electron chi connectivity index (χ1n) is 3.05. The van der Waals surface area contributed by atoms with Crippen LogP contribution in [0.15, 0.2) is 23.3 Å². The molecular formula is C7H13NO. The second kappa shape index (κ2) is 5.35. The monoisotopic (exact) mass is 127 g/mol. The van der Waals surface area contributed by atoms with Gasteiger partial charge >= 0.3 is 0 Å². The van der Waals surface area contributed by atoms with Crippen LogP contribution in [0.5, 0.6) is 0 Å². The zero-order valence-electron chi connectivity index (χ0n) is 6.16. The van der Waals surface area contributed by atoms with E-state index in [2.05, 4.69) is 30.2 Å². The minimum absolute atomic E-state index is 0.833. The average molecular weight is 127 g/mol. The third-order valence-electron chi connectivity index (χ3n) is 0.347. The van der Waals surface area contributed by atoms with Gasteiger partial charge in [0.05, 0.1) is 6.20 Å². The Kier molecular flexibility index (Phi) is 4.88. The molecule has 0 atom stereocenters. The molecule has 0 aliphatic heterocycles. The number of nitrogens with zero attached hydrogens (tertiary/aromatic N) is 1. The van der Waals surface area contributed by atoms with Crippen LogP contribution >= 0.6 is 0 Å². The Morgan fingerprint density at radius 1 is 1.33 bits per heavy atom. The summed E-state index contributed by atoms with van der Waals surface area (Å²) in [6.07, 6.45) is 4.47. The van der Waals surface area contributed by atoms with Crippen molar-refractivity contribution < 1.29 is 4.42 Å². The van der Waals surface area contributed by atoms with Gasteiger partial charge in [-0.15, -0.1) is 0 Å². The van der Waals surface area contributed by atoms with Gasteiger partial charge in [-0.25, -0.2) is 4.98 Å². The van der Waals surface area contributed by atoms with Gasteiger partial charge in [-0.05, 0) is 5.92 Å². The summed E-state index contributed by atoms with van der Waals surface area (Å²) < 4.78 is 4.47. The van der Waals surface area contributed by atoms with E-state index in [1.54, 1.807) is 6.20 Å². The molecule has 0 aliphatic rings. The smallest absolute Gasteiger partial charge is 0.180 e. The Balaban J connectivity index is 0.000000148. The van der Waals surface area contributed by atoms with E-state index >= 15 is 0 Å². The second-order valence-electron chi connectivity index (χ2n) is 2.41. The minimum Gasteiger partial charge on any atom is -0.452 e. The van der Waals surface area contributed by atoms with Crippen LogP contribution in [-0.4, -0.2) is 4.98 Å². The molecule has 0 unspecified atom stereocenters. The lowest BCUT2D eigenvalue weighted by Gasteiger charge is -1.79. The van der Waals surface area contributed by atoms with Crippen LogP contribution in [0.2, 0.25) is 0 Å². The van der Waals surface area contributed by atoms with Crippen molar-refractivity contribution in [3.05, 3.63) is 18.9 Å². The summed E-state index contributed by atoms with van der Waals surface area (Å²) in [6, 6.07) is 0. The first kappa shape index (κ1) is 8.21. The maximum Gasteiger partial charge on any atom is 0.180 e. The summed E-state index contributed by atoms with van der Waals surface area (Å²) in [5.41, 5.74) is 0. The third kappa shape index (κ3) is 11.0. The van der Waals surface area contributed by atoms with Crippen LogP contribution in [0.25, 0.3) is 0 Å². The first-order chi connectivity index (χ1) is 4.23. The maximum absolute atomic E-state index is 4.47. The predicted molar refractivity (Wildman–Crippen MR) is 37.0 cm³/mol. The highest BCUT2D eigenvalue weighted by atomic mass is 16.3. The summed E-state index contributed by atoms with van der Waals surface area (Å²) >= 11 is 0. The number of hydrogen-bond acceptors (Lipinski definition) is 2. The van der Waals surface area contributed by atoms with E-state index in [1.165, 1.54) is 12.7 Å². The van der Waals surface area contributed by atoms with Crippen molar-refractivity contribution in [2.24, 2.45) is 5.92 Å². The third-order valence-corrected chi connectivity index (χ3v) is 0.347. The SMILES string of the molecule is CC(C)C.c1cocn1. The molecule has 0 saturated heterocycles. The number of aromatic nitrogens is 1. The highest BCUT2D eigenvalue weighted by Gasteiger charge is 1.68. The van der Waals surface area contributed by atoms with Gasteiger partial charge < -0.3 is 4.42 Å². The van der Waals surface area contributed by atoms with Crippen LogP contribution in [0.3, 0.4) is 0 Å². The minimum atomic E-state index is 0.833. The van der Waals surface area contributed by atoms with Crippen molar-refractivity contribution in [2.45, 2.75) is 20.8 Å². The number of rotatable bonds is 0. The molecular weight excluding hydrogens is 114 g/mol. The summed E-state index contributed by atoms with van der Waals surface area (Å²) in [4.78, 5) is 3.56. The molecule has 1 rings (SSSR count). The Morgan fingerprint density at radius 3 is 2.00 bits per heavy atom. The van der Waals surface area contributed by atoms with E-state index in [-0.39, 0.29) is 0 Å². The molecule has 0 radical (unpaired) electrons. The molecule has 52 valence electrons. The number of oxazole rings is 1. The zero-order valence-corrected chi connectivity index (χ0v) is 6.16. The second-order valence-corrected chi connectivity index (χ2v) is 2.41. The van der Waals surface area contributed by atoms with Crippen LogP contribution < -0.4 is 0 Å². The lowest BCUT2D eigenvalue weighted by Crippen LogP contribution is -1.66. The van der Waals surface area contributed by atoms with Crippen molar-refractivity contribution >= 4 is 0 Å². The van der Waals surface area contributed by atoms with Crippen molar-refractivity contribution in [1.29, 1.82) is 0 Å². The molecule has 0 aromatic carbocycles. The van der Waals surface area contributed by atoms with Crippen molar-refractivity contribution in [3.63, 3.8) is 0 Å². The molecule has 0 bridgehead atoms. The van der Waals surface area contributed by atoms with Crippen LogP contribution in [0.1, 0.15) is 20.8 Å². The summed E-state index contributed by atoms with van der Waals surface area (Å²) in [7, 11) is 0. The van der Waals surface area contributed by atoms with Gasteiger partial charge in [0, 0.05) is 0 Å². The molecule has 0 amide bonds. The fourth-order valence-corrected chi connectivity index (χ4v) is 0.176. The summed E-state index contributed by atoms with van der Waals surface area (Å²) in [5.74, 6) is 0.833. The van der Waals surface area contributed by atoms with Crippen molar-refractivity contribution in [3.8, 4) is 0 Å². The normalized spacial score (nSPS) is 8.44. The molecule has 0 saturated carbocycles. The average Bonchev–Trinajstić information content (AvgIpc) is 2.11. The van der Waals surface area contributed by atoms with Crippen molar-refractivity contribution in [2.75, 3.05) is 0 Å². The van der Waals surface area contributed by atoms with Gasteiger partial charge in [0.15, 0.2) is 6.39 Å². The Labute approximate surface area is 55.9 Å². The Bertz CT molecular complexity index is 92.5. The van der Waals surface area contributed by atoms with Gasteiger partial charge in [0.2, 0.25) is 0 Å². The van der Waals surface area contributed by atoms with Crippen LogP contribution in [0, 0.1) is 5.92 Å². The molecule has 1 aromatic heterocycles. The highest BCUT2D eigenvalue weighted by molar-refractivity contribution is 4.56. The molecule has 0 N–H and O–H groups in total. The molecule has 0 aliphatic carbocycles. The fourth-order valence-electron chi connectivity index (χ4n) is 0.176. The Morgan fingerprint density at radius 2 is 1.89 bits per heavy atom. The van der Waals surface area contributed by atoms with Crippen LogP contribution in [0.4, 0.5) is 0 Å². The van der Waals surface area contributed by atoms with Crippen LogP contribution in [-0.2, 0) is 0 Å². The van der Waals surface area contributed by atoms with Gasteiger partial charge in [0.25, 0.3) is 0 Å². The molecule has 1 heterocycles. The predicted octanol–water partition coefficient (Wildman–Crippen LogP) is 2.34. The van der Waals surface area contributed by atoms with Gasteiger partial charge in [-0.2, -0.15) is 0 Å². The largest absolute Gasteiger partial charge is 0.452 e. The topological polar surface area (TPSA) is 26.0 Å². The van der Waals surface area contributed by atoms with Crippen molar-refractivity contribution in [1.82, 2.24) is 4.98 Å². The van der Waals surface area contributed by atoms with E-state index < -0.39 is 0 Å². The van der Waals surface area contributed by atoms with E-state index in [1.807, 2.05) is 0 Å². The number of hydrogen-bond donors (Lipinski definition) is 0. The molecule has 0 spiro atoms. The van der Waals surface area contributed by atoms with E-state index in [9.17, 15) is 0 Å². The standard InChI is InChI=1S/C4H10.C3H3NO/c1-4(2)3;1-2-5-3-4-1/h4H,1-3H3;1-3H. The first-order valence-corrected chi connectivity index (χ1v) is 3.05. The molecule has 2 heteroatoms. The van der Waals surface area contributed by atoms with Gasteiger partial charge in [-0.1, -0.05) is 20.8 Å². The molecule has 2 nitrogen and oxygen atoms in total.